The van der Waals surface area contributed by atoms with Crippen LogP contribution in [0.25, 0.3) is 6.08 Å². The van der Waals surface area contributed by atoms with Crippen LogP contribution >= 0.6 is 0 Å². The summed E-state index contributed by atoms with van der Waals surface area (Å²) in [7, 11) is 0. The van der Waals surface area contributed by atoms with Crippen LogP contribution in [0.15, 0.2) is 23.9 Å². The van der Waals surface area contributed by atoms with E-state index in [0.29, 0.717) is 6.07 Å². The fourth-order valence-corrected chi connectivity index (χ4v) is 1.39. The van der Waals surface area contributed by atoms with Crippen molar-refractivity contribution in [1.82, 2.24) is 5.32 Å². The number of hydrogen-bond donors (Lipinski definition) is 2. The molecule has 0 aromatic heterocycles. The maximum Gasteiger partial charge on any atom is 0.412 e. The van der Waals surface area contributed by atoms with E-state index in [1.807, 2.05) is 5.32 Å². The summed E-state index contributed by atoms with van der Waals surface area (Å²) in [5.41, 5.74) is -1.41. The van der Waals surface area contributed by atoms with Gasteiger partial charge in [0.1, 0.15) is 22.9 Å². The van der Waals surface area contributed by atoms with Gasteiger partial charge in [-0.1, -0.05) is 0 Å². The number of amides is 1. The summed E-state index contributed by atoms with van der Waals surface area (Å²) in [6.45, 7) is 4.83. The van der Waals surface area contributed by atoms with Crippen molar-refractivity contribution in [1.29, 1.82) is 0 Å². The van der Waals surface area contributed by atoms with E-state index in [2.05, 4.69) is 0 Å². The molecule has 1 aromatic carbocycles. The zero-order chi connectivity index (χ0) is 16.2. The van der Waals surface area contributed by atoms with Crippen LogP contribution in [0.3, 0.4) is 0 Å². The van der Waals surface area contributed by atoms with Crippen LogP contribution in [0.1, 0.15) is 26.3 Å². The van der Waals surface area contributed by atoms with Crippen LogP contribution in [0.5, 0.6) is 0 Å². The molecule has 114 valence electrons. The van der Waals surface area contributed by atoms with Crippen molar-refractivity contribution in [3.63, 3.8) is 0 Å². The molecule has 7 heteroatoms. The van der Waals surface area contributed by atoms with Crippen molar-refractivity contribution >= 4 is 18.1 Å². The largest absolute Gasteiger partial charge is 0.477 e. The quantitative estimate of drug-likeness (QED) is 0.841. The molecule has 1 rings (SSSR count). The van der Waals surface area contributed by atoms with Crippen molar-refractivity contribution in [2.24, 2.45) is 0 Å². The maximum atomic E-state index is 13.0. The van der Waals surface area contributed by atoms with Crippen molar-refractivity contribution in [2.75, 3.05) is 0 Å². The third-order valence-electron chi connectivity index (χ3n) is 2.06. The Morgan fingerprint density at radius 3 is 2.14 bits per heavy atom. The van der Waals surface area contributed by atoms with Crippen LogP contribution in [-0.4, -0.2) is 22.8 Å². The first-order chi connectivity index (χ1) is 9.56. The molecule has 0 aliphatic rings. The molecule has 0 saturated heterocycles. The fraction of sp³-hybridized carbons (Fsp3) is 0.286. The molecule has 0 bridgehead atoms. The van der Waals surface area contributed by atoms with Gasteiger partial charge in [0, 0.05) is 6.07 Å². The third-order valence-corrected chi connectivity index (χ3v) is 2.06. The second kappa shape index (κ2) is 6.34. The molecule has 5 nitrogen and oxygen atoms in total. The molecule has 0 atom stereocenters. The highest BCUT2D eigenvalue weighted by Gasteiger charge is 2.19. The maximum absolute atomic E-state index is 13.0. The summed E-state index contributed by atoms with van der Waals surface area (Å²) >= 11 is 0. The Hall–Kier alpha value is -2.44. The van der Waals surface area contributed by atoms with Crippen molar-refractivity contribution in [2.45, 2.75) is 26.4 Å². The number of alkyl carbamates (subject to hydrolysis) is 1. The highest BCUT2D eigenvalue weighted by atomic mass is 19.1. The minimum Gasteiger partial charge on any atom is -0.477 e. The first kappa shape index (κ1) is 16.6. The van der Waals surface area contributed by atoms with Crippen LogP contribution in [-0.2, 0) is 9.53 Å². The van der Waals surface area contributed by atoms with Crippen LogP contribution in [0.2, 0.25) is 0 Å². The van der Waals surface area contributed by atoms with E-state index in [1.54, 1.807) is 20.8 Å². The van der Waals surface area contributed by atoms with Gasteiger partial charge in [0.2, 0.25) is 0 Å². The molecule has 21 heavy (non-hydrogen) atoms. The van der Waals surface area contributed by atoms with Crippen LogP contribution in [0, 0.1) is 11.6 Å². The summed E-state index contributed by atoms with van der Waals surface area (Å²) in [6, 6.07) is 2.52. The van der Waals surface area contributed by atoms with E-state index in [1.165, 1.54) is 0 Å². The average Bonchev–Trinajstić information content (AvgIpc) is 2.23. The van der Waals surface area contributed by atoms with Gasteiger partial charge in [0.05, 0.1) is 0 Å². The van der Waals surface area contributed by atoms with E-state index < -0.39 is 35.0 Å². The number of benzene rings is 1. The van der Waals surface area contributed by atoms with E-state index in [9.17, 15) is 18.4 Å². The summed E-state index contributed by atoms with van der Waals surface area (Å²) in [4.78, 5) is 22.6. The van der Waals surface area contributed by atoms with E-state index >= 15 is 0 Å². The van der Waals surface area contributed by atoms with Gasteiger partial charge in [-0.2, -0.15) is 0 Å². The zero-order valence-corrected chi connectivity index (χ0v) is 11.7. The van der Waals surface area contributed by atoms with Gasteiger partial charge in [-0.3, -0.25) is 5.32 Å². The van der Waals surface area contributed by atoms with Gasteiger partial charge in [-0.05, 0) is 44.5 Å². The first-order valence-corrected chi connectivity index (χ1v) is 5.98. The van der Waals surface area contributed by atoms with Gasteiger partial charge in [0.15, 0.2) is 0 Å². The number of carbonyl (C=O) groups excluding carboxylic acids is 1. The molecule has 0 fully saturated rings. The molecule has 0 saturated carbocycles. The third kappa shape index (κ3) is 6.03. The van der Waals surface area contributed by atoms with E-state index in [-0.39, 0.29) is 5.56 Å². The minimum atomic E-state index is -1.47. The molecule has 0 heterocycles. The number of ether oxygens (including phenoxy) is 1. The molecule has 0 aliphatic heterocycles. The molecule has 2 N–H and O–H groups in total. The number of carboxylic acids is 1. The minimum absolute atomic E-state index is 0.0408. The monoisotopic (exact) mass is 299 g/mol. The van der Waals surface area contributed by atoms with Crippen molar-refractivity contribution in [3.05, 3.63) is 41.1 Å². The molecule has 0 unspecified atom stereocenters. The second-order valence-electron chi connectivity index (χ2n) is 5.19. The predicted molar refractivity (Wildman–Crippen MR) is 71.3 cm³/mol. The number of aliphatic carboxylic acids is 1. The molecule has 1 amide bonds. The lowest BCUT2D eigenvalue weighted by Crippen LogP contribution is -2.34. The Balaban J connectivity index is 2.99. The van der Waals surface area contributed by atoms with Gasteiger partial charge < -0.3 is 9.84 Å². The second-order valence-corrected chi connectivity index (χ2v) is 5.19. The van der Waals surface area contributed by atoms with E-state index in [4.69, 9.17) is 9.84 Å². The van der Waals surface area contributed by atoms with Crippen molar-refractivity contribution < 1.29 is 28.2 Å². The van der Waals surface area contributed by atoms with Gasteiger partial charge in [-0.15, -0.1) is 0 Å². The standard InChI is InChI=1S/C14H15F2NO4/c1-14(2,3)21-13(20)17-11(12(18)19)6-8-4-9(15)7-10(16)5-8/h4-7H,1-3H3,(H,17,20)(H,18,19)/b11-6-. The summed E-state index contributed by atoms with van der Waals surface area (Å²) < 4.78 is 31.0. The van der Waals surface area contributed by atoms with Crippen LogP contribution in [0.4, 0.5) is 13.6 Å². The smallest absolute Gasteiger partial charge is 0.412 e. The topological polar surface area (TPSA) is 75.6 Å². The summed E-state index contributed by atoms with van der Waals surface area (Å²) in [5.74, 6) is -3.18. The summed E-state index contributed by atoms with van der Waals surface area (Å²) in [6.07, 6.45) is -0.0497. The number of rotatable bonds is 3. The number of halogens is 2. The number of nitrogens with one attached hydrogen (secondary N) is 1. The van der Waals surface area contributed by atoms with Gasteiger partial charge >= 0.3 is 12.1 Å². The molecular formula is C14H15F2NO4. The Morgan fingerprint density at radius 1 is 1.19 bits per heavy atom. The predicted octanol–water partition coefficient (Wildman–Crippen LogP) is 2.92. The zero-order valence-electron chi connectivity index (χ0n) is 11.7. The SMILES string of the molecule is CC(C)(C)OC(=O)N/C(=C\c1cc(F)cc(F)c1)C(=O)O. The highest BCUT2D eigenvalue weighted by molar-refractivity contribution is 5.95. The Kier molecular flexibility index (Phi) is 5.02. The number of carbonyl (C=O) groups is 2. The molecule has 0 radical (unpaired) electrons. The Bertz CT molecular complexity index is 571. The average molecular weight is 299 g/mol. The lowest BCUT2D eigenvalue weighted by Gasteiger charge is -2.19. The molecule has 0 aliphatic carbocycles. The first-order valence-electron chi connectivity index (χ1n) is 5.98. The normalized spacial score (nSPS) is 12.0. The van der Waals surface area contributed by atoms with Gasteiger partial charge in [-0.25, -0.2) is 18.4 Å². The molecule has 0 spiro atoms. The van der Waals surface area contributed by atoms with E-state index in [0.717, 1.165) is 18.2 Å². The number of carboxylic acid groups (broad SMARTS) is 1. The van der Waals surface area contributed by atoms with Crippen molar-refractivity contribution in [3.8, 4) is 0 Å². The highest BCUT2D eigenvalue weighted by Crippen LogP contribution is 2.12. The Morgan fingerprint density at radius 2 is 1.71 bits per heavy atom. The van der Waals surface area contributed by atoms with Gasteiger partial charge in [0.25, 0.3) is 0 Å². The summed E-state index contributed by atoms with van der Waals surface area (Å²) in [5, 5.41) is 11.0. The fourth-order valence-electron chi connectivity index (χ4n) is 1.39. The lowest BCUT2D eigenvalue weighted by molar-refractivity contribution is -0.133. The molecular weight excluding hydrogens is 284 g/mol. The molecule has 1 aromatic rings. The number of hydrogen-bond acceptors (Lipinski definition) is 3. The lowest BCUT2D eigenvalue weighted by atomic mass is 10.2. The van der Waals surface area contributed by atoms with Crippen LogP contribution < -0.4 is 5.32 Å². The Labute approximate surface area is 120 Å².